The highest BCUT2D eigenvalue weighted by Gasteiger charge is 2.00. The Morgan fingerprint density at radius 1 is 1.25 bits per heavy atom. The number of pyridine rings is 2. The quantitative estimate of drug-likeness (QED) is 0.609. The molecule has 0 aliphatic rings. The van der Waals surface area contributed by atoms with Gasteiger partial charge in [-0.15, -0.1) is 0 Å². The van der Waals surface area contributed by atoms with E-state index in [1.54, 1.807) is 24.5 Å². The third kappa shape index (κ3) is 1.24. The van der Waals surface area contributed by atoms with E-state index in [-0.39, 0.29) is 0 Å². The highest BCUT2D eigenvalue weighted by molar-refractivity contribution is 6.36. The van der Waals surface area contributed by atoms with Crippen LogP contribution in [0.3, 0.4) is 0 Å². The lowest BCUT2D eigenvalue weighted by Gasteiger charge is -1.98. The maximum Gasteiger partial charge on any atom is 0.138 e. The van der Waals surface area contributed by atoms with Gasteiger partial charge in [0.15, 0.2) is 0 Å². The van der Waals surface area contributed by atoms with Crippen molar-refractivity contribution in [2.45, 2.75) is 0 Å². The van der Waals surface area contributed by atoms with E-state index in [0.29, 0.717) is 10.3 Å². The summed E-state index contributed by atoms with van der Waals surface area (Å²) in [5.41, 5.74) is 0. The van der Waals surface area contributed by atoms with E-state index in [4.69, 9.17) is 23.2 Å². The van der Waals surface area contributed by atoms with E-state index < -0.39 is 0 Å². The van der Waals surface area contributed by atoms with E-state index >= 15 is 0 Å². The van der Waals surface area contributed by atoms with Gasteiger partial charge in [0.1, 0.15) is 10.3 Å². The standard InChI is InChI=1S/C8H4Cl2N2/c9-7-3-5-4-11-2-1-6(5)8(10)12-7/h1-4H. The predicted molar refractivity (Wildman–Crippen MR) is 49.6 cm³/mol. The second-order valence-corrected chi connectivity index (χ2v) is 3.08. The number of halogens is 2. The van der Waals surface area contributed by atoms with Gasteiger partial charge in [-0.05, 0) is 12.1 Å². The van der Waals surface area contributed by atoms with Gasteiger partial charge in [0, 0.05) is 23.2 Å². The predicted octanol–water partition coefficient (Wildman–Crippen LogP) is 2.94. The minimum Gasteiger partial charge on any atom is -0.264 e. The molecule has 2 nitrogen and oxygen atoms in total. The molecular formula is C8H4Cl2N2. The average molecular weight is 199 g/mol. The second-order valence-electron chi connectivity index (χ2n) is 2.33. The van der Waals surface area contributed by atoms with Crippen LogP contribution in [0.5, 0.6) is 0 Å². The van der Waals surface area contributed by atoms with Crippen molar-refractivity contribution in [3.63, 3.8) is 0 Å². The molecule has 0 spiro atoms. The Morgan fingerprint density at radius 3 is 2.92 bits per heavy atom. The summed E-state index contributed by atoms with van der Waals surface area (Å²) in [5.74, 6) is 0. The number of fused-ring (bicyclic) bond motifs is 1. The molecule has 0 N–H and O–H groups in total. The molecule has 0 fully saturated rings. The zero-order chi connectivity index (χ0) is 8.55. The fourth-order valence-corrected chi connectivity index (χ4v) is 1.53. The van der Waals surface area contributed by atoms with Crippen LogP contribution >= 0.6 is 23.2 Å². The molecule has 0 amide bonds. The first-order valence-electron chi connectivity index (χ1n) is 3.33. The van der Waals surface area contributed by atoms with E-state index in [9.17, 15) is 0 Å². The Balaban J connectivity index is 2.89. The van der Waals surface area contributed by atoms with Crippen LogP contribution in [0.2, 0.25) is 10.3 Å². The lowest BCUT2D eigenvalue weighted by molar-refractivity contribution is 1.32. The molecule has 2 aromatic heterocycles. The van der Waals surface area contributed by atoms with Crippen molar-refractivity contribution in [3.8, 4) is 0 Å². The molecule has 4 heteroatoms. The van der Waals surface area contributed by atoms with Gasteiger partial charge in [0.05, 0.1) is 0 Å². The molecule has 0 aromatic carbocycles. The molecule has 12 heavy (non-hydrogen) atoms. The van der Waals surface area contributed by atoms with Gasteiger partial charge in [-0.25, -0.2) is 4.98 Å². The summed E-state index contributed by atoms with van der Waals surface area (Å²) in [4.78, 5) is 7.85. The summed E-state index contributed by atoms with van der Waals surface area (Å²) in [6.45, 7) is 0. The summed E-state index contributed by atoms with van der Waals surface area (Å²) in [6, 6.07) is 3.54. The largest absolute Gasteiger partial charge is 0.264 e. The summed E-state index contributed by atoms with van der Waals surface area (Å²) < 4.78 is 0. The lowest BCUT2D eigenvalue weighted by atomic mass is 10.2. The third-order valence-corrected chi connectivity index (χ3v) is 2.04. The molecule has 0 saturated carbocycles. The summed E-state index contributed by atoms with van der Waals surface area (Å²) in [5, 5.41) is 2.58. The molecular weight excluding hydrogens is 195 g/mol. The van der Waals surface area contributed by atoms with Crippen LogP contribution in [0.15, 0.2) is 24.5 Å². The zero-order valence-electron chi connectivity index (χ0n) is 5.96. The molecule has 2 aromatic rings. The number of hydrogen-bond acceptors (Lipinski definition) is 2. The Bertz CT molecular complexity index is 428. The molecule has 0 bridgehead atoms. The van der Waals surface area contributed by atoms with Crippen LogP contribution in [-0.4, -0.2) is 9.97 Å². The normalized spacial score (nSPS) is 10.5. The number of rotatable bonds is 0. The maximum atomic E-state index is 5.84. The molecule has 2 heterocycles. The van der Waals surface area contributed by atoms with Gasteiger partial charge in [0.25, 0.3) is 0 Å². The van der Waals surface area contributed by atoms with Gasteiger partial charge >= 0.3 is 0 Å². The first kappa shape index (κ1) is 7.77. The Morgan fingerprint density at radius 2 is 2.08 bits per heavy atom. The van der Waals surface area contributed by atoms with Crippen LogP contribution in [0.4, 0.5) is 0 Å². The average Bonchev–Trinajstić information content (AvgIpc) is 2.04. The van der Waals surface area contributed by atoms with Crippen LogP contribution in [0.25, 0.3) is 10.8 Å². The molecule has 0 saturated heterocycles. The lowest BCUT2D eigenvalue weighted by Crippen LogP contribution is -1.81. The molecule has 0 atom stereocenters. The topological polar surface area (TPSA) is 25.8 Å². The van der Waals surface area contributed by atoms with Gasteiger partial charge < -0.3 is 0 Å². The summed E-state index contributed by atoms with van der Waals surface area (Å²) in [6.07, 6.45) is 3.37. The van der Waals surface area contributed by atoms with Crippen molar-refractivity contribution in [1.29, 1.82) is 0 Å². The number of aromatic nitrogens is 2. The fourth-order valence-electron chi connectivity index (χ4n) is 1.02. The van der Waals surface area contributed by atoms with E-state index in [2.05, 4.69) is 9.97 Å². The van der Waals surface area contributed by atoms with Crippen molar-refractivity contribution in [2.24, 2.45) is 0 Å². The third-order valence-electron chi connectivity index (χ3n) is 1.55. The fraction of sp³-hybridized carbons (Fsp3) is 0. The molecule has 60 valence electrons. The molecule has 0 unspecified atom stereocenters. The van der Waals surface area contributed by atoms with Gasteiger partial charge in [-0.3, -0.25) is 4.98 Å². The Labute approximate surface area is 79.2 Å². The maximum absolute atomic E-state index is 5.84. The van der Waals surface area contributed by atoms with Crippen LogP contribution in [0, 0.1) is 0 Å². The number of nitrogens with zero attached hydrogens (tertiary/aromatic N) is 2. The minimum atomic E-state index is 0.389. The zero-order valence-corrected chi connectivity index (χ0v) is 7.47. The summed E-state index contributed by atoms with van der Waals surface area (Å²) >= 11 is 11.5. The van der Waals surface area contributed by atoms with Crippen LogP contribution in [-0.2, 0) is 0 Å². The highest BCUT2D eigenvalue weighted by Crippen LogP contribution is 2.23. The highest BCUT2D eigenvalue weighted by atomic mass is 35.5. The van der Waals surface area contributed by atoms with Crippen LogP contribution < -0.4 is 0 Å². The SMILES string of the molecule is Clc1cc2cnccc2c(Cl)n1. The van der Waals surface area contributed by atoms with Crippen LogP contribution in [0.1, 0.15) is 0 Å². The summed E-state index contributed by atoms with van der Waals surface area (Å²) in [7, 11) is 0. The van der Waals surface area contributed by atoms with Crippen molar-refractivity contribution < 1.29 is 0 Å². The van der Waals surface area contributed by atoms with Gasteiger partial charge in [0.2, 0.25) is 0 Å². The van der Waals surface area contributed by atoms with Crippen molar-refractivity contribution in [3.05, 3.63) is 34.8 Å². The molecule has 0 radical (unpaired) electrons. The Kier molecular flexibility index (Phi) is 1.87. The Hall–Kier alpha value is -0.860. The molecule has 2 rings (SSSR count). The first-order valence-corrected chi connectivity index (χ1v) is 4.09. The van der Waals surface area contributed by atoms with Gasteiger partial charge in [-0.2, -0.15) is 0 Å². The monoisotopic (exact) mass is 198 g/mol. The van der Waals surface area contributed by atoms with Crippen molar-refractivity contribution in [1.82, 2.24) is 9.97 Å². The smallest absolute Gasteiger partial charge is 0.138 e. The van der Waals surface area contributed by atoms with E-state index in [1.165, 1.54) is 0 Å². The van der Waals surface area contributed by atoms with Crippen molar-refractivity contribution >= 4 is 34.0 Å². The first-order chi connectivity index (χ1) is 5.77. The van der Waals surface area contributed by atoms with Gasteiger partial charge in [-0.1, -0.05) is 23.2 Å². The molecule has 0 aliphatic carbocycles. The van der Waals surface area contributed by atoms with E-state index in [0.717, 1.165) is 10.8 Å². The van der Waals surface area contributed by atoms with E-state index in [1.807, 2.05) is 0 Å². The molecule has 0 aliphatic heterocycles. The van der Waals surface area contributed by atoms with Crippen molar-refractivity contribution in [2.75, 3.05) is 0 Å². The number of hydrogen-bond donors (Lipinski definition) is 0. The minimum absolute atomic E-state index is 0.389. The second kappa shape index (κ2) is 2.88.